The molecular weight excluding hydrogens is 242 g/mol. The van der Waals surface area contributed by atoms with E-state index in [-0.39, 0.29) is 10.6 Å². The van der Waals surface area contributed by atoms with Crippen LogP contribution in [-0.2, 0) is 10.1 Å². The van der Waals surface area contributed by atoms with Gasteiger partial charge in [-0.15, -0.1) is 0 Å². The predicted molar refractivity (Wildman–Crippen MR) is 64.7 cm³/mol. The molecule has 0 aliphatic carbocycles. The summed E-state index contributed by atoms with van der Waals surface area (Å²) in [6.45, 7) is 0. The number of anilines is 1. The zero-order valence-corrected chi connectivity index (χ0v) is 9.86. The fourth-order valence-corrected chi connectivity index (χ4v) is 2.26. The maximum Gasteiger partial charge on any atom is 0.296 e. The molecule has 2 aromatic rings. The quantitative estimate of drug-likeness (QED) is 0.627. The van der Waals surface area contributed by atoms with Crippen LogP contribution in [0.1, 0.15) is 0 Å². The molecule has 90 valence electrons. The van der Waals surface area contributed by atoms with Crippen LogP contribution in [0.5, 0.6) is 5.75 Å². The normalized spacial score (nSPS) is 11.6. The fraction of sp³-hybridized carbons (Fsp3) is 0.0909. The van der Waals surface area contributed by atoms with Crippen LogP contribution in [0.15, 0.2) is 35.2 Å². The van der Waals surface area contributed by atoms with Gasteiger partial charge in [0, 0.05) is 0 Å². The molecule has 0 unspecified atom stereocenters. The molecule has 0 saturated carbocycles. The minimum Gasteiger partial charge on any atom is -0.497 e. The molecule has 2 aromatic carbocycles. The van der Waals surface area contributed by atoms with Gasteiger partial charge in [0.2, 0.25) is 0 Å². The SMILES string of the molecule is COc1ccc2cc(S(=O)(=O)O)c(N)cc2c1. The molecule has 3 N–H and O–H groups in total. The lowest BCUT2D eigenvalue weighted by Crippen LogP contribution is -2.03. The van der Waals surface area contributed by atoms with Crippen molar-refractivity contribution in [3.05, 3.63) is 30.3 Å². The van der Waals surface area contributed by atoms with E-state index >= 15 is 0 Å². The van der Waals surface area contributed by atoms with E-state index in [1.807, 2.05) is 0 Å². The van der Waals surface area contributed by atoms with E-state index in [4.69, 9.17) is 15.0 Å². The molecule has 0 aliphatic heterocycles. The third-order valence-electron chi connectivity index (χ3n) is 2.45. The van der Waals surface area contributed by atoms with Crippen molar-refractivity contribution in [3.63, 3.8) is 0 Å². The minimum absolute atomic E-state index is 0.00764. The monoisotopic (exact) mass is 253 g/mol. The first kappa shape index (κ1) is 11.7. The Morgan fingerprint density at radius 1 is 1.18 bits per heavy atom. The Labute approximate surface area is 98.6 Å². The number of hydrogen-bond donors (Lipinski definition) is 2. The second-order valence-corrected chi connectivity index (χ2v) is 4.97. The van der Waals surface area contributed by atoms with E-state index in [9.17, 15) is 8.42 Å². The van der Waals surface area contributed by atoms with Crippen molar-refractivity contribution in [1.29, 1.82) is 0 Å². The molecule has 2 rings (SSSR count). The number of rotatable bonds is 2. The Morgan fingerprint density at radius 2 is 1.88 bits per heavy atom. The number of fused-ring (bicyclic) bond motifs is 1. The van der Waals surface area contributed by atoms with Crippen molar-refractivity contribution in [3.8, 4) is 5.75 Å². The largest absolute Gasteiger partial charge is 0.497 e. The smallest absolute Gasteiger partial charge is 0.296 e. The van der Waals surface area contributed by atoms with E-state index in [2.05, 4.69) is 0 Å². The number of nitrogen functional groups attached to an aromatic ring is 1. The van der Waals surface area contributed by atoms with Crippen molar-refractivity contribution in [1.82, 2.24) is 0 Å². The summed E-state index contributed by atoms with van der Waals surface area (Å²) >= 11 is 0. The summed E-state index contributed by atoms with van der Waals surface area (Å²) in [4.78, 5) is -0.282. The first-order valence-electron chi connectivity index (χ1n) is 4.76. The van der Waals surface area contributed by atoms with Gasteiger partial charge in [-0.05, 0) is 35.0 Å². The van der Waals surface area contributed by atoms with Crippen LogP contribution in [-0.4, -0.2) is 20.1 Å². The summed E-state index contributed by atoms with van der Waals surface area (Å²) in [6, 6.07) is 7.95. The van der Waals surface area contributed by atoms with Crippen molar-refractivity contribution in [2.24, 2.45) is 0 Å². The molecule has 17 heavy (non-hydrogen) atoms. The molecule has 5 nitrogen and oxygen atoms in total. The Kier molecular flexibility index (Phi) is 2.68. The second kappa shape index (κ2) is 3.90. The molecule has 0 saturated heterocycles. The highest BCUT2D eigenvalue weighted by Crippen LogP contribution is 2.28. The summed E-state index contributed by atoms with van der Waals surface area (Å²) in [6.07, 6.45) is 0. The van der Waals surface area contributed by atoms with E-state index in [0.29, 0.717) is 11.1 Å². The van der Waals surface area contributed by atoms with Crippen LogP contribution >= 0.6 is 0 Å². The Balaban J connectivity index is 2.75. The van der Waals surface area contributed by atoms with Gasteiger partial charge >= 0.3 is 0 Å². The van der Waals surface area contributed by atoms with E-state index in [1.165, 1.54) is 19.2 Å². The van der Waals surface area contributed by atoms with Crippen LogP contribution in [0.2, 0.25) is 0 Å². The van der Waals surface area contributed by atoms with E-state index in [0.717, 1.165) is 5.39 Å². The molecule has 0 aliphatic rings. The fourth-order valence-electron chi connectivity index (χ4n) is 1.62. The van der Waals surface area contributed by atoms with Gasteiger partial charge in [0.05, 0.1) is 12.8 Å². The first-order chi connectivity index (χ1) is 7.91. The average molecular weight is 253 g/mol. The zero-order valence-electron chi connectivity index (χ0n) is 9.04. The molecule has 0 aromatic heterocycles. The second-order valence-electron chi connectivity index (χ2n) is 3.58. The highest BCUT2D eigenvalue weighted by molar-refractivity contribution is 7.86. The standard InChI is InChI=1S/C11H11NO4S/c1-16-9-3-2-7-6-11(17(13,14)15)10(12)5-8(7)4-9/h2-6H,12H2,1H3,(H,13,14,15). The number of ether oxygens (including phenoxy) is 1. The topological polar surface area (TPSA) is 89.6 Å². The molecule has 0 amide bonds. The lowest BCUT2D eigenvalue weighted by Gasteiger charge is -2.07. The van der Waals surface area contributed by atoms with Gasteiger partial charge in [0.25, 0.3) is 10.1 Å². The maximum absolute atomic E-state index is 11.1. The third-order valence-corrected chi connectivity index (χ3v) is 3.36. The van der Waals surface area contributed by atoms with Crippen LogP contribution < -0.4 is 10.5 Å². The predicted octanol–water partition coefficient (Wildman–Crippen LogP) is 1.68. The lowest BCUT2D eigenvalue weighted by atomic mass is 10.1. The van der Waals surface area contributed by atoms with Crippen LogP contribution in [0.3, 0.4) is 0 Å². The van der Waals surface area contributed by atoms with Gasteiger partial charge < -0.3 is 10.5 Å². The summed E-state index contributed by atoms with van der Waals surface area (Å²) in [5, 5.41) is 1.40. The highest BCUT2D eigenvalue weighted by atomic mass is 32.2. The summed E-state index contributed by atoms with van der Waals surface area (Å²) in [5.41, 5.74) is 5.59. The Hall–Kier alpha value is -1.79. The van der Waals surface area contributed by atoms with Crippen molar-refractivity contribution in [2.75, 3.05) is 12.8 Å². The molecule has 0 spiro atoms. The van der Waals surface area contributed by atoms with Gasteiger partial charge in [0.15, 0.2) is 0 Å². The minimum atomic E-state index is -4.30. The molecule has 0 atom stereocenters. The van der Waals surface area contributed by atoms with Crippen molar-refractivity contribution in [2.45, 2.75) is 4.90 Å². The van der Waals surface area contributed by atoms with Gasteiger partial charge in [-0.2, -0.15) is 8.42 Å². The number of benzene rings is 2. The van der Waals surface area contributed by atoms with Crippen LogP contribution in [0.4, 0.5) is 5.69 Å². The molecule has 0 fully saturated rings. The van der Waals surface area contributed by atoms with E-state index < -0.39 is 10.1 Å². The number of methoxy groups -OCH3 is 1. The van der Waals surface area contributed by atoms with Gasteiger partial charge in [0.1, 0.15) is 10.6 Å². The molecule has 0 bridgehead atoms. The van der Waals surface area contributed by atoms with Crippen molar-refractivity contribution < 1.29 is 17.7 Å². The number of nitrogens with two attached hydrogens (primary N) is 1. The highest BCUT2D eigenvalue weighted by Gasteiger charge is 2.14. The summed E-state index contributed by atoms with van der Waals surface area (Å²) in [7, 11) is -2.76. The molecule has 0 radical (unpaired) electrons. The lowest BCUT2D eigenvalue weighted by molar-refractivity contribution is 0.415. The Bertz CT molecular complexity index is 679. The number of hydrogen-bond acceptors (Lipinski definition) is 4. The van der Waals surface area contributed by atoms with Gasteiger partial charge in [-0.3, -0.25) is 4.55 Å². The van der Waals surface area contributed by atoms with Gasteiger partial charge in [-0.1, -0.05) is 6.07 Å². The maximum atomic E-state index is 11.1. The first-order valence-corrected chi connectivity index (χ1v) is 6.20. The van der Waals surface area contributed by atoms with E-state index in [1.54, 1.807) is 18.2 Å². The molecule has 0 heterocycles. The van der Waals surface area contributed by atoms with Gasteiger partial charge in [-0.25, -0.2) is 0 Å². The molecule has 6 heteroatoms. The van der Waals surface area contributed by atoms with Crippen molar-refractivity contribution >= 4 is 26.6 Å². The zero-order chi connectivity index (χ0) is 12.6. The summed E-state index contributed by atoms with van der Waals surface area (Å²) < 4.78 is 36.2. The van der Waals surface area contributed by atoms with Crippen LogP contribution in [0.25, 0.3) is 10.8 Å². The third kappa shape index (κ3) is 2.17. The molecular formula is C11H11NO4S. The average Bonchev–Trinajstić information content (AvgIpc) is 2.25. The Morgan fingerprint density at radius 3 is 2.47 bits per heavy atom. The summed E-state index contributed by atoms with van der Waals surface area (Å²) in [5.74, 6) is 0.650. The van der Waals surface area contributed by atoms with Crippen LogP contribution in [0, 0.1) is 0 Å².